The molecule has 1 saturated heterocycles. The summed E-state index contributed by atoms with van der Waals surface area (Å²) in [5.74, 6) is -0.985. The zero-order valence-corrected chi connectivity index (χ0v) is 11.2. The van der Waals surface area contributed by atoms with Crippen LogP contribution in [0.1, 0.15) is 34.1 Å². The van der Waals surface area contributed by atoms with Crippen LogP contribution in [0.15, 0.2) is 24.3 Å². The number of aliphatic hydroxyl groups excluding tert-OH is 1. The first-order chi connectivity index (χ1) is 9.63. The van der Waals surface area contributed by atoms with Gasteiger partial charge in [-0.05, 0) is 18.6 Å². The van der Waals surface area contributed by atoms with Gasteiger partial charge in [0.05, 0.1) is 24.3 Å². The lowest BCUT2D eigenvalue weighted by Gasteiger charge is -2.15. The molecule has 0 saturated carbocycles. The number of carbonyl (C=O) groups excluding carboxylic acids is 2. The number of β-amino-alcohol motifs (C(OH)–C–C–N with tert-alkyl or cyclic N) is 1. The molecule has 1 aromatic carbocycles. The van der Waals surface area contributed by atoms with Gasteiger partial charge in [0.25, 0.3) is 5.91 Å². The van der Waals surface area contributed by atoms with E-state index < -0.39 is 18.0 Å². The number of hydroxylamine groups is 2. The number of aliphatic hydroxyl groups is 1. The predicted molar refractivity (Wildman–Crippen MR) is 70.0 cm³/mol. The molecule has 6 heteroatoms. The fourth-order valence-corrected chi connectivity index (χ4v) is 1.87. The van der Waals surface area contributed by atoms with Crippen LogP contribution in [0.25, 0.3) is 0 Å². The van der Waals surface area contributed by atoms with Gasteiger partial charge in [0.2, 0.25) is 0 Å². The van der Waals surface area contributed by atoms with Crippen molar-refractivity contribution in [2.75, 3.05) is 19.8 Å². The molecule has 6 nitrogen and oxygen atoms in total. The first-order valence-corrected chi connectivity index (χ1v) is 6.52. The second-order valence-corrected chi connectivity index (χ2v) is 4.50. The van der Waals surface area contributed by atoms with E-state index in [9.17, 15) is 14.7 Å². The zero-order valence-electron chi connectivity index (χ0n) is 11.2. The van der Waals surface area contributed by atoms with E-state index in [-0.39, 0.29) is 24.3 Å². The number of carbonyl (C=O) groups is 2. The van der Waals surface area contributed by atoms with Crippen molar-refractivity contribution in [3.63, 3.8) is 0 Å². The molecule has 2 rings (SSSR count). The first-order valence-electron chi connectivity index (χ1n) is 6.52. The fourth-order valence-electron chi connectivity index (χ4n) is 1.87. The Labute approximate surface area is 116 Å². The van der Waals surface area contributed by atoms with E-state index in [1.165, 1.54) is 6.07 Å². The smallest absolute Gasteiger partial charge is 0.338 e. The molecule has 1 fully saturated rings. The monoisotopic (exact) mass is 279 g/mol. The molecule has 0 bridgehead atoms. The molecule has 1 aromatic rings. The van der Waals surface area contributed by atoms with Crippen LogP contribution >= 0.6 is 0 Å². The van der Waals surface area contributed by atoms with Gasteiger partial charge in [0.1, 0.15) is 12.7 Å². The minimum atomic E-state index is -0.696. The highest BCUT2D eigenvalue weighted by Gasteiger charge is 2.29. The number of hydrogen-bond donors (Lipinski definition) is 1. The highest BCUT2D eigenvalue weighted by atomic mass is 16.7. The van der Waals surface area contributed by atoms with Crippen molar-refractivity contribution < 1.29 is 24.3 Å². The maximum absolute atomic E-state index is 12.3. The van der Waals surface area contributed by atoms with E-state index in [0.717, 1.165) is 5.06 Å². The first kappa shape index (κ1) is 14.5. The maximum atomic E-state index is 12.3. The van der Waals surface area contributed by atoms with Crippen LogP contribution in [-0.2, 0) is 9.57 Å². The van der Waals surface area contributed by atoms with Crippen molar-refractivity contribution in [1.82, 2.24) is 5.06 Å². The van der Waals surface area contributed by atoms with Crippen LogP contribution in [0.3, 0.4) is 0 Å². The lowest BCUT2D eigenvalue weighted by Crippen LogP contribution is -2.30. The van der Waals surface area contributed by atoms with Crippen LogP contribution in [0.4, 0.5) is 0 Å². The third-order valence-electron chi connectivity index (χ3n) is 2.84. The summed E-state index contributed by atoms with van der Waals surface area (Å²) in [7, 11) is 0. The second-order valence-electron chi connectivity index (χ2n) is 4.50. The van der Waals surface area contributed by atoms with E-state index in [0.29, 0.717) is 13.0 Å². The Balaban J connectivity index is 2.19. The standard InChI is InChI=1S/C14H17NO5/c1-2-7-19-14(18)12-6-4-3-5-11(12)13(17)15-8-10(16)9-20-15/h3-6,10,16H,2,7-9H2,1H3. The summed E-state index contributed by atoms with van der Waals surface area (Å²) < 4.78 is 5.05. The number of amides is 1. The molecular formula is C14H17NO5. The summed E-state index contributed by atoms with van der Waals surface area (Å²) in [6.07, 6.45) is 0.0154. The van der Waals surface area contributed by atoms with Crippen LogP contribution in [0, 0.1) is 0 Å². The SMILES string of the molecule is CCCOC(=O)c1ccccc1C(=O)N1CC(O)CO1. The average molecular weight is 279 g/mol. The number of rotatable bonds is 4. The molecule has 1 amide bonds. The third kappa shape index (κ3) is 3.15. The van der Waals surface area contributed by atoms with E-state index in [4.69, 9.17) is 9.57 Å². The molecule has 1 unspecified atom stereocenters. The summed E-state index contributed by atoms with van der Waals surface area (Å²) in [5.41, 5.74) is 0.415. The summed E-state index contributed by atoms with van der Waals surface area (Å²) in [4.78, 5) is 29.3. The van der Waals surface area contributed by atoms with E-state index in [1.54, 1.807) is 18.2 Å². The van der Waals surface area contributed by atoms with Gasteiger partial charge in [0.15, 0.2) is 0 Å². The van der Waals surface area contributed by atoms with Crippen molar-refractivity contribution in [3.05, 3.63) is 35.4 Å². The van der Waals surface area contributed by atoms with E-state index >= 15 is 0 Å². The van der Waals surface area contributed by atoms with Crippen LogP contribution in [0.5, 0.6) is 0 Å². The molecule has 1 aliphatic heterocycles. The quantitative estimate of drug-likeness (QED) is 0.832. The highest BCUT2D eigenvalue weighted by Crippen LogP contribution is 2.16. The molecule has 1 atom stereocenters. The minimum Gasteiger partial charge on any atom is -0.462 e. The predicted octanol–water partition coefficient (Wildman–Crippen LogP) is 1.00. The Morgan fingerprint density at radius 3 is 2.70 bits per heavy atom. The Morgan fingerprint density at radius 2 is 2.10 bits per heavy atom. The van der Waals surface area contributed by atoms with Crippen molar-refractivity contribution in [3.8, 4) is 0 Å². The topological polar surface area (TPSA) is 76.1 Å². The van der Waals surface area contributed by atoms with Crippen molar-refractivity contribution in [2.24, 2.45) is 0 Å². The second kappa shape index (κ2) is 6.49. The third-order valence-corrected chi connectivity index (χ3v) is 2.84. The Morgan fingerprint density at radius 1 is 1.40 bits per heavy atom. The fraction of sp³-hybridized carbons (Fsp3) is 0.429. The Kier molecular flexibility index (Phi) is 4.70. The minimum absolute atomic E-state index is 0.0776. The molecule has 20 heavy (non-hydrogen) atoms. The molecule has 1 aliphatic rings. The molecular weight excluding hydrogens is 262 g/mol. The summed E-state index contributed by atoms with van der Waals surface area (Å²) in [5, 5.41) is 10.4. The molecule has 0 aromatic heterocycles. The van der Waals surface area contributed by atoms with E-state index in [2.05, 4.69) is 0 Å². The van der Waals surface area contributed by atoms with Crippen LogP contribution in [-0.4, -0.2) is 47.9 Å². The largest absolute Gasteiger partial charge is 0.462 e. The molecule has 1 N–H and O–H groups in total. The van der Waals surface area contributed by atoms with Crippen LogP contribution < -0.4 is 0 Å². The lowest BCUT2D eigenvalue weighted by atomic mass is 10.1. The Bertz CT molecular complexity index is 502. The number of hydrogen-bond acceptors (Lipinski definition) is 5. The molecule has 1 heterocycles. The summed E-state index contributed by atoms with van der Waals surface area (Å²) in [6.45, 7) is 2.37. The van der Waals surface area contributed by atoms with Crippen molar-refractivity contribution in [2.45, 2.75) is 19.4 Å². The van der Waals surface area contributed by atoms with Gasteiger partial charge < -0.3 is 9.84 Å². The maximum Gasteiger partial charge on any atom is 0.338 e. The summed E-state index contributed by atoms with van der Waals surface area (Å²) in [6, 6.07) is 6.41. The van der Waals surface area contributed by atoms with Gasteiger partial charge in [-0.15, -0.1) is 0 Å². The number of nitrogens with zero attached hydrogens (tertiary/aromatic N) is 1. The van der Waals surface area contributed by atoms with Crippen molar-refractivity contribution in [1.29, 1.82) is 0 Å². The number of esters is 1. The van der Waals surface area contributed by atoms with Gasteiger partial charge in [-0.1, -0.05) is 19.1 Å². The number of benzene rings is 1. The van der Waals surface area contributed by atoms with Crippen molar-refractivity contribution >= 4 is 11.9 Å². The van der Waals surface area contributed by atoms with Crippen LogP contribution in [0.2, 0.25) is 0 Å². The molecule has 108 valence electrons. The van der Waals surface area contributed by atoms with Gasteiger partial charge in [0, 0.05) is 0 Å². The van der Waals surface area contributed by atoms with Gasteiger partial charge in [-0.2, -0.15) is 0 Å². The normalized spacial score (nSPS) is 18.1. The average Bonchev–Trinajstić information content (AvgIpc) is 2.90. The van der Waals surface area contributed by atoms with Gasteiger partial charge in [-0.3, -0.25) is 9.63 Å². The molecule has 0 spiro atoms. The van der Waals surface area contributed by atoms with Gasteiger partial charge in [-0.25, -0.2) is 9.86 Å². The van der Waals surface area contributed by atoms with Gasteiger partial charge >= 0.3 is 5.97 Å². The molecule has 0 aliphatic carbocycles. The zero-order chi connectivity index (χ0) is 14.5. The molecule has 0 radical (unpaired) electrons. The highest BCUT2D eigenvalue weighted by molar-refractivity contribution is 6.05. The number of ether oxygens (including phenoxy) is 1. The summed E-state index contributed by atoms with van der Waals surface area (Å²) >= 11 is 0. The Hall–Kier alpha value is -1.92. The van der Waals surface area contributed by atoms with E-state index in [1.807, 2.05) is 6.92 Å². The lowest BCUT2D eigenvalue weighted by molar-refractivity contribution is -0.0780.